The van der Waals surface area contributed by atoms with Crippen molar-refractivity contribution < 1.29 is 27.2 Å². The average molecular weight is 464 g/mol. The van der Waals surface area contributed by atoms with Gasteiger partial charge in [0.05, 0.1) is 11.5 Å². The number of hydrogen-bond acceptors (Lipinski definition) is 6. The van der Waals surface area contributed by atoms with Gasteiger partial charge in [0.15, 0.2) is 5.76 Å². The molecule has 2 aliphatic heterocycles. The van der Waals surface area contributed by atoms with Crippen LogP contribution in [-0.4, -0.2) is 80.4 Å². The SMILES string of the molecule is CCOC(=O)N1CCN(C(=O)c2cc3cc(S(=O)(=O)N4CCCCCC4)ccc3o2)CC1. The Labute approximate surface area is 187 Å². The zero-order valence-electron chi connectivity index (χ0n) is 18.3. The summed E-state index contributed by atoms with van der Waals surface area (Å²) < 4.78 is 38.4. The molecule has 0 spiro atoms. The van der Waals surface area contributed by atoms with Crippen LogP contribution in [0.5, 0.6) is 0 Å². The molecule has 2 saturated heterocycles. The van der Waals surface area contributed by atoms with E-state index in [-0.39, 0.29) is 22.7 Å². The summed E-state index contributed by atoms with van der Waals surface area (Å²) in [6.45, 7) is 4.68. The summed E-state index contributed by atoms with van der Waals surface area (Å²) in [6.07, 6.45) is 3.46. The zero-order valence-corrected chi connectivity index (χ0v) is 19.1. The average Bonchev–Trinajstić information content (AvgIpc) is 3.02. The lowest BCUT2D eigenvalue weighted by Crippen LogP contribution is -2.50. The molecule has 0 bridgehead atoms. The van der Waals surface area contributed by atoms with E-state index < -0.39 is 10.0 Å². The first-order valence-electron chi connectivity index (χ1n) is 11.1. The van der Waals surface area contributed by atoms with Crippen LogP contribution < -0.4 is 0 Å². The molecule has 0 aliphatic carbocycles. The van der Waals surface area contributed by atoms with E-state index in [1.54, 1.807) is 45.3 Å². The number of nitrogens with zero attached hydrogens (tertiary/aromatic N) is 3. The normalized spacial score (nSPS) is 18.5. The van der Waals surface area contributed by atoms with Crippen LogP contribution in [0.2, 0.25) is 0 Å². The number of ether oxygens (including phenoxy) is 1. The first kappa shape index (κ1) is 22.6. The number of carbonyl (C=O) groups is 2. The van der Waals surface area contributed by atoms with E-state index in [9.17, 15) is 18.0 Å². The van der Waals surface area contributed by atoms with Crippen molar-refractivity contribution in [1.29, 1.82) is 0 Å². The third-order valence-corrected chi connectivity index (χ3v) is 7.89. The Balaban J connectivity index is 1.48. The predicted octanol–water partition coefficient (Wildman–Crippen LogP) is 2.91. The van der Waals surface area contributed by atoms with Crippen LogP contribution in [0.1, 0.15) is 43.2 Å². The lowest BCUT2D eigenvalue weighted by molar-refractivity contribution is 0.0548. The molecular formula is C22H29N3O6S. The molecule has 0 radical (unpaired) electrons. The Kier molecular flexibility index (Phi) is 6.71. The summed E-state index contributed by atoms with van der Waals surface area (Å²) in [7, 11) is -3.58. The second-order valence-electron chi connectivity index (χ2n) is 8.11. The molecule has 2 fully saturated rings. The molecule has 2 aromatic rings. The smallest absolute Gasteiger partial charge is 0.409 e. The van der Waals surface area contributed by atoms with Crippen molar-refractivity contribution in [2.24, 2.45) is 0 Å². The van der Waals surface area contributed by atoms with Crippen molar-refractivity contribution in [2.45, 2.75) is 37.5 Å². The van der Waals surface area contributed by atoms with Crippen molar-refractivity contribution in [3.05, 3.63) is 30.0 Å². The van der Waals surface area contributed by atoms with E-state index >= 15 is 0 Å². The summed E-state index contributed by atoms with van der Waals surface area (Å²) in [6, 6.07) is 6.32. The Bertz CT molecular complexity index is 1080. The zero-order chi connectivity index (χ0) is 22.7. The maximum absolute atomic E-state index is 13.1. The molecule has 9 nitrogen and oxygen atoms in total. The number of hydrogen-bond donors (Lipinski definition) is 0. The highest BCUT2D eigenvalue weighted by molar-refractivity contribution is 7.89. The van der Waals surface area contributed by atoms with Crippen LogP contribution in [0.3, 0.4) is 0 Å². The third kappa shape index (κ3) is 4.61. The van der Waals surface area contributed by atoms with Gasteiger partial charge < -0.3 is 19.0 Å². The molecule has 0 saturated carbocycles. The maximum Gasteiger partial charge on any atom is 0.409 e. The fourth-order valence-corrected chi connectivity index (χ4v) is 5.73. The molecule has 2 aliphatic rings. The number of fused-ring (bicyclic) bond motifs is 1. The molecule has 174 valence electrons. The molecule has 32 heavy (non-hydrogen) atoms. The molecule has 0 unspecified atom stereocenters. The highest BCUT2D eigenvalue weighted by Gasteiger charge is 2.29. The summed E-state index contributed by atoms with van der Waals surface area (Å²) >= 11 is 0. The van der Waals surface area contributed by atoms with Gasteiger partial charge in [0.2, 0.25) is 10.0 Å². The Morgan fingerprint density at radius 1 is 0.938 bits per heavy atom. The van der Waals surface area contributed by atoms with Gasteiger partial charge in [-0.3, -0.25) is 4.79 Å². The number of carbonyl (C=O) groups excluding carboxylic acids is 2. The maximum atomic E-state index is 13.1. The fourth-order valence-electron chi connectivity index (χ4n) is 4.18. The van der Waals surface area contributed by atoms with E-state index in [0.29, 0.717) is 56.8 Å². The monoisotopic (exact) mass is 463 g/mol. The fraction of sp³-hybridized carbons (Fsp3) is 0.545. The molecule has 1 aromatic carbocycles. The number of furan rings is 1. The molecule has 0 atom stereocenters. The van der Waals surface area contributed by atoms with Crippen LogP contribution >= 0.6 is 0 Å². The first-order valence-corrected chi connectivity index (χ1v) is 12.6. The second-order valence-corrected chi connectivity index (χ2v) is 10.0. The molecule has 10 heteroatoms. The van der Waals surface area contributed by atoms with Crippen molar-refractivity contribution >= 4 is 33.0 Å². The molecule has 4 rings (SSSR count). The van der Waals surface area contributed by atoms with Gasteiger partial charge in [-0.2, -0.15) is 4.31 Å². The van der Waals surface area contributed by atoms with Gasteiger partial charge in [-0.25, -0.2) is 13.2 Å². The second kappa shape index (κ2) is 9.50. The molecule has 0 N–H and O–H groups in total. The minimum Gasteiger partial charge on any atom is -0.451 e. The largest absolute Gasteiger partial charge is 0.451 e. The summed E-state index contributed by atoms with van der Waals surface area (Å²) in [4.78, 5) is 28.2. The van der Waals surface area contributed by atoms with Crippen LogP contribution in [0.4, 0.5) is 4.79 Å². The Hall–Kier alpha value is -2.59. The van der Waals surface area contributed by atoms with Crippen LogP contribution in [0, 0.1) is 0 Å². The van der Waals surface area contributed by atoms with Crippen molar-refractivity contribution in [1.82, 2.24) is 14.1 Å². The van der Waals surface area contributed by atoms with Crippen LogP contribution in [0.15, 0.2) is 33.6 Å². The lowest BCUT2D eigenvalue weighted by atomic mass is 10.2. The van der Waals surface area contributed by atoms with Gasteiger partial charge in [0.1, 0.15) is 5.58 Å². The highest BCUT2D eigenvalue weighted by atomic mass is 32.2. The van der Waals surface area contributed by atoms with E-state index in [0.717, 1.165) is 25.7 Å². The van der Waals surface area contributed by atoms with Crippen LogP contribution in [-0.2, 0) is 14.8 Å². The minimum absolute atomic E-state index is 0.161. The number of rotatable bonds is 4. The Morgan fingerprint density at radius 2 is 1.59 bits per heavy atom. The van der Waals surface area contributed by atoms with E-state index in [1.807, 2.05) is 0 Å². The topological polar surface area (TPSA) is 100 Å². The van der Waals surface area contributed by atoms with Crippen LogP contribution in [0.25, 0.3) is 11.0 Å². The van der Waals surface area contributed by atoms with E-state index in [1.165, 1.54) is 0 Å². The van der Waals surface area contributed by atoms with E-state index in [2.05, 4.69) is 0 Å². The van der Waals surface area contributed by atoms with E-state index in [4.69, 9.17) is 9.15 Å². The quantitative estimate of drug-likeness (QED) is 0.691. The Morgan fingerprint density at radius 3 is 2.25 bits per heavy atom. The predicted molar refractivity (Wildman–Crippen MR) is 118 cm³/mol. The van der Waals surface area contributed by atoms with Crippen molar-refractivity contribution in [3.8, 4) is 0 Å². The lowest BCUT2D eigenvalue weighted by Gasteiger charge is -2.33. The minimum atomic E-state index is -3.58. The van der Waals surface area contributed by atoms with Gasteiger partial charge in [-0.1, -0.05) is 12.8 Å². The molecular weight excluding hydrogens is 434 g/mol. The van der Waals surface area contributed by atoms with Gasteiger partial charge in [-0.05, 0) is 44.0 Å². The number of benzene rings is 1. The first-order chi connectivity index (χ1) is 15.4. The number of piperazine rings is 1. The number of amides is 2. The molecule has 3 heterocycles. The third-order valence-electron chi connectivity index (χ3n) is 5.99. The highest BCUT2D eigenvalue weighted by Crippen LogP contribution is 2.27. The van der Waals surface area contributed by atoms with Gasteiger partial charge in [-0.15, -0.1) is 0 Å². The van der Waals surface area contributed by atoms with Gasteiger partial charge in [0.25, 0.3) is 5.91 Å². The summed E-state index contributed by atoms with van der Waals surface area (Å²) in [5, 5.41) is 0.578. The van der Waals surface area contributed by atoms with Crippen molar-refractivity contribution in [2.75, 3.05) is 45.9 Å². The standard InChI is InChI=1S/C22H29N3O6S/c1-2-30-22(27)24-13-11-23(12-14-24)21(26)20-16-17-15-18(7-8-19(17)31-20)32(28,29)25-9-5-3-4-6-10-25/h7-8,15-16H,2-6,9-14H2,1H3. The number of sulfonamides is 1. The molecule has 1 aromatic heterocycles. The van der Waals surface area contributed by atoms with Crippen molar-refractivity contribution in [3.63, 3.8) is 0 Å². The van der Waals surface area contributed by atoms with Gasteiger partial charge >= 0.3 is 6.09 Å². The van der Waals surface area contributed by atoms with Gasteiger partial charge in [0, 0.05) is 44.7 Å². The summed E-state index contributed by atoms with van der Waals surface area (Å²) in [5.74, 6) is -0.115. The summed E-state index contributed by atoms with van der Waals surface area (Å²) in [5.41, 5.74) is 0.466. The molecule has 2 amide bonds.